The molecular formula is C14H14N4S. The molecule has 0 radical (unpaired) electrons. The first kappa shape index (κ1) is 13.5. The van der Waals surface area contributed by atoms with Crippen molar-refractivity contribution in [2.24, 2.45) is 0 Å². The Morgan fingerprint density at radius 1 is 1.37 bits per heavy atom. The molecule has 0 atom stereocenters. The molecule has 0 saturated carbocycles. The van der Waals surface area contributed by atoms with E-state index >= 15 is 0 Å². The predicted molar refractivity (Wildman–Crippen MR) is 74.8 cm³/mol. The van der Waals surface area contributed by atoms with Crippen LogP contribution in [0.2, 0.25) is 0 Å². The summed E-state index contributed by atoms with van der Waals surface area (Å²) in [6.07, 6.45) is 1.73. The summed E-state index contributed by atoms with van der Waals surface area (Å²) in [5, 5.41) is 13.0. The van der Waals surface area contributed by atoms with Gasteiger partial charge in [0.15, 0.2) is 5.16 Å². The van der Waals surface area contributed by atoms with E-state index < -0.39 is 0 Å². The molecule has 1 aromatic carbocycles. The molecule has 0 aliphatic heterocycles. The third-order valence-electron chi connectivity index (χ3n) is 2.52. The van der Waals surface area contributed by atoms with Gasteiger partial charge >= 0.3 is 0 Å². The van der Waals surface area contributed by atoms with Crippen molar-refractivity contribution in [3.63, 3.8) is 0 Å². The summed E-state index contributed by atoms with van der Waals surface area (Å²) in [6, 6.07) is 9.93. The lowest BCUT2D eigenvalue weighted by Gasteiger charge is -2.06. The van der Waals surface area contributed by atoms with E-state index in [0.29, 0.717) is 10.7 Å². The van der Waals surface area contributed by atoms with Gasteiger partial charge in [0, 0.05) is 23.3 Å². The van der Waals surface area contributed by atoms with Crippen LogP contribution in [-0.2, 0) is 6.54 Å². The smallest absolute Gasteiger partial charge is 0.192 e. The van der Waals surface area contributed by atoms with Crippen molar-refractivity contribution < 1.29 is 0 Å². The topological polar surface area (TPSA) is 61.6 Å². The standard InChI is InChI=1S/C14H14N4S/c1-10-5-6-17-14(18-10)19-13-4-3-11(9-16-2)7-12(13)8-15/h3-7,16H,9H2,1-2H3. The highest BCUT2D eigenvalue weighted by molar-refractivity contribution is 7.99. The highest BCUT2D eigenvalue weighted by atomic mass is 32.2. The van der Waals surface area contributed by atoms with Crippen LogP contribution in [0.15, 0.2) is 40.5 Å². The summed E-state index contributed by atoms with van der Waals surface area (Å²) in [7, 11) is 1.88. The van der Waals surface area contributed by atoms with Gasteiger partial charge in [-0.25, -0.2) is 9.97 Å². The van der Waals surface area contributed by atoms with Gasteiger partial charge in [-0.15, -0.1) is 0 Å². The highest BCUT2D eigenvalue weighted by Gasteiger charge is 2.07. The number of aryl methyl sites for hydroxylation is 1. The van der Waals surface area contributed by atoms with E-state index in [9.17, 15) is 5.26 Å². The maximum Gasteiger partial charge on any atom is 0.192 e. The van der Waals surface area contributed by atoms with Crippen molar-refractivity contribution in [1.29, 1.82) is 5.26 Å². The molecule has 0 aliphatic rings. The van der Waals surface area contributed by atoms with Gasteiger partial charge in [-0.1, -0.05) is 6.07 Å². The Kier molecular flexibility index (Phi) is 4.50. The minimum absolute atomic E-state index is 0.655. The normalized spacial score (nSPS) is 10.2. The van der Waals surface area contributed by atoms with Gasteiger partial charge in [0.05, 0.1) is 5.56 Å². The molecule has 0 fully saturated rings. The van der Waals surface area contributed by atoms with Crippen LogP contribution in [0, 0.1) is 18.3 Å². The average molecular weight is 270 g/mol. The molecule has 0 spiro atoms. The van der Waals surface area contributed by atoms with Crippen LogP contribution >= 0.6 is 11.8 Å². The lowest BCUT2D eigenvalue weighted by molar-refractivity contribution is 0.816. The Balaban J connectivity index is 2.28. The van der Waals surface area contributed by atoms with Crippen molar-refractivity contribution in [3.05, 3.63) is 47.3 Å². The monoisotopic (exact) mass is 270 g/mol. The lowest BCUT2D eigenvalue weighted by atomic mass is 10.1. The van der Waals surface area contributed by atoms with Crippen molar-refractivity contribution in [2.45, 2.75) is 23.5 Å². The summed E-state index contributed by atoms with van der Waals surface area (Å²) >= 11 is 1.41. The van der Waals surface area contributed by atoms with Crippen LogP contribution in [-0.4, -0.2) is 17.0 Å². The van der Waals surface area contributed by atoms with E-state index in [4.69, 9.17) is 0 Å². The van der Waals surface area contributed by atoms with Gasteiger partial charge in [-0.2, -0.15) is 5.26 Å². The Bertz CT molecular complexity index is 619. The zero-order valence-corrected chi connectivity index (χ0v) is 11.7. The molecule has 0 bridgehead atoms. The van der Waals surface area contributed by atoms with Crippen LogP contribution in [0.3, 0.4) is 0 Å². The minimum Gasteiger partial charge on any atom is -0.316 e. The number of nitrogens with zero attached hydrogens (tertiary/aromatic N) is 3. The fraction of sp³-hybridized carbons (Fsp3) is 0.214. The second-order valence-electron chi connectivity index (χ2n) is 4.06. The minimum atomic E-state index is 0.655. The third kappa shape index (κ3) is 3.53. The molecule has 1 aromatic heterocycles. The van der Waals surface area contributed by atoms with Crippen LogP contribution < -0.4 is 5.32 Å². The van der Waals surface area contributed by atoms with Gasteiger partial charge in [0.1, 0.15) is 6.07 Å². The molecule has 0 saturated heterocycles. The molecule has 1 heterocycles. The summed E-state index contributed by atoms with van der Waals surface area (Å²) in [5.74, 6) is 0. The molecule has 1 N–H and O–H groups in total. The summed E-state index contributed by atoms with van der Waals surface area (Å²) < 4.78 is 0. The Labute approximate surface area is 116 Å². The maximum atomic E-state index is 9.22. The quantitative estimate of drug-likeness (QED) is 0.865. The second kappa shape index (κ2) is 6.32. The largest absolute Gasteiger partial charge is 0.316 e. The van der Waals surface area contributed by atoms with Crippen molar-refractivity contribution in [3.8, 4) is 6.07 Å². The fourth-order valence-corrected chi connectivity index (χ4v) is 2.49. The van der Waals surface area contributed by atoms with Crippen LogP contribution in [0.25, 0.3) is 0 Å². The number of nitriles is 1. The SMILES string of the molecule is CNCc1ccc(Sc2nccc(C)n2)c(C#N)c1. The molecule has 2 aromatic rings. The number of aromatic nitrogens is 2. The number of hydrogen-bond acceptors (Lipinski definition) is 5. The molecule has 19 heavy (non-hydrogen) atoms. The van der Waals surface area contributed by atoms with E-state index in [1.807, 2.05) is 38.2 Å². The zero-order valence-electron chi connectivity index (χ0n) is 10.8. The van der Waals surface area contributed by atoms with E-state index in [1.54, 1.807) is 6.20 Å². The molecule has 96 valence electrons. The van der Waals surface area contributed by atoms with Crippen LogP contribution in [0.5, 0.6) is 0 Å². The first-order chi connectivity index (χ1) is 9.22. The number of nitrogens with one attached hydrogen (secondary N) is 1. The summed E-state index contributed by atoms with van der Waals surface area (Å²) in [6.45, 7) is 2.67. The molecule has 5 heteroatoms. The number of benzene rings is 1. The zero-order chi connectivity index (χ0) is 13.7. The van der Waals surface area contributed by atoms with E-state index in [1.165, 1.54) is 11.8 Å². The lowest BCUT2D eigenvalue weighted by Crippen LogP contribution is -2.05. The molecular weight excluding hydrogens is 256 g/mol. The molecule has 4 nitrogen and oxygen atoms in total. The maximum absolute atomic E-state index is 9.22. The van der Waals surface area contributed by atoms with Crippen molar-refractivity contribution in [1.82, 2.24) is 15.3 Å². The van der Waals surface area contributed by atoms with Crippen molar-refractivity contribution in [2.75, 3.05) is 7.05 Å². The van der Waals surface area contributed by atoms with Gasteiger partial charge in [0.25, 0.3) is 0 Å². The van der Waals surface area contributed by atoms with E-state index in [2.05, 4.69) is 21.4 Å². The third-order valence-corrected chi connectivity index (χ3v) is 3.47. The predicted octanol–water partition coefficient (Wildman–Crippen LogP) is 2.53. The molecule has 0 unspecified atom stereocenters. The first-order valence-electron chi connectivity index (χ1n) is 5.88. The van der Waals surface area contributed by atoms with E-state index in [0.717, 1.165) is 22.7 Å². The van der Waals surface area contributed by atoms with Gasteiger partial charge in [-0.05, 0) is 49.5 Å². The van der Waals surface area contributed by atoms with Gasteiger partial charge in [0.2, 0.25) is 0 Å². The fourth-order valence-electron chi connectivity index (χ4n) is 1.64. The van der Waals surface area contributed by atoms with Gasteiger partial charge < -0.3 is 5.32 Å². The molecule has 0 aliphatic carbocycles. The Morgan fingerprint density at radius 3 is 2.89 bits per heavy atom. The summed E-state index contributed by atoms with van der Waals surface area (Å²) in [5.41, 5.74) is 2.67. The molecule has 2 rings (SSSR count). The average Bonchev–Trinajstić information content (AvgIpc) is 2.41. The number of rotatable bonds is 4. The highest BCUT2D eigenvalue weighted by Crippen LogP contribution is 2.28. The van der Waals surface area contributed by atoms with E-state index in [-0.39, 0.29) is 0 Å². The first-order valence-corrected chi connectivity index (χ1v) is 6.69. The van der Waals surface area contributed by atoms with Crippen LogP contribution in [0.1, 0.15) is 16.8 Å². The molecule has 0 amide bonds. The summed E-state index contributed by atoms with van der Waals surface area (Å²) in [4.78, 5) is 9.41. The Hall–Kier alpha value is -1.90. The number of hydrogen-bond donors (Lipinski definition) is 1. The second-order valence-corrected chi connectivity index (χ2v) is 5.06. The van der Waals surface area contributed by atoms with Gasteiger partial charge in [-0.3, -0.25) is 0 Å². The van der Waals surface area contributed by atoms with Crippen LogP contribution in [0.4, 0.5) is 0 Å². The van der Waals surface area contributed by atoms with Crippen molar-refractivity contribution >= 4 is 11.8 Å². The Morgan fingerprint density at radius 2 is 2.21 bits per heavy atom.